The highest BCUT2D eigenvalue weighted by Gasteiger charge is 2.22. The van der Waals surface area contributed by atoms with Crippen LogP contribution in [0.1, 0.15) is 50.7 Å². The van der Waals surface area contributed by atoms with Crippen molar-refractivity contribution < 1.29 is 4.79 Å². The van der Waals surface area contributed by atoms with Gasteiger partial charge in [0.1, 0.15) is 0 Å². The van der Waals surface area contributed by atoms with Gasteiger partial charge in [0.15, 0.2) is 11.0 Å². The molecule has 4 rings (SSSR count). The van der Waals surface area contributed by atoms with E-state index in [1.807, 2.05) is 4.90 Å². The Morgan fingerprint density at radius 2 is 1.89 bits per heavy atom. The van der Waals surface area contributed by atoms with Gasteiger partial charge in [-0.15, -0.1) is 10.2 Å². The number of piperidine rings is 1. The molecule has 1 amide bonds. The lowest BCUT2D eigenvalue weighted by Crippen LogP contribution is -2.38. The van der Waals surface area contributed by atoms with Crippen molar-refractivity contribution in [1.82, 2.24) is 19.7 Å². The first kappa shape index (κ1) is 19.5. The van der Waals surface area contributed by atoms with E-state index in [1.165, 1.54) is 42.2 Å². The number of benzene rings is 1. The van der Waals surface area contributed by atoms with Gasteiger partial charge in [0.25, 0.3) is 0 Å². The van der Waals surface area contributed by atoms with Gasteiger partial charge < -0.3 is 9.47 Å². The number of hydrogen-bond acceptors (Lipinski definition) is 4. The number of carbonyl (C=O) groups excluding carboxylic acids is 1. The number of aryl methyl sites for hydroxylation is 2. The lowest BCUT2D eigenvalue weighted by Gasteiger charge is -2.30. The Bertz CT molecular complexity index is 839. The molecule has 1 aromatic heterocycles. The molecule has 0 atom stereocenters. The van der Waals surface area contributed by atoms with Crippen molar-refractivity contribution in [2.24, 2.45) is 5.92 Å². The van der Waals surface area contributed by atoms with Crippen molar-refractivity contribution in [3.05, 3.63) is 29.3 Å². The molecule has 0 N–H and O–H groups in total. The highest BCUT2D eigenvalue weighted by atomic mass is 32.2. The second kappa shape index (κ2) is 8.68. The quantitative estimate of drug-likeness (QED) is 0.709. The van der Waals surface area contributed by atoms with Crippen LogP contribution < -0.4 is 0 Å². The summed E-state index contributed by atoms with van der Waals surface area (Å²) in [5.41, 5.74) is 4.07. The Balaban J connectivity index is 1.46. The molecule has 0 radical (unpaired) electrons. The summed E-state index contributed by atoms with van der Waals surface area (Å²) in [5.74, 6) is 2.31. The van der Waals surface area contributed by atoms with Crippen LogP contribution >= 0.6 is 11.8 Å². The van der Waals surface area contributed by atoms with Gasteiger partial charge in [-0.3, -0.25) is 4.79 Å². The number of likely N-dealkylation sites (tertiary alicyclic amines) is 1. The summed E-state index contributed by atoms with van der Waals surface area (Å²) in [4.78, 5) is 14.6. The Labute approximate surface area is 171 Å². The van der Waals surface area contributed by atoms with Crippen molar-refractivity contribution in [3.63, 3.8) is 0 Å². The van der Waals surface area contributed by atoms with E-state index in [1.54, 1.807) is 0 Å². The van der Waals surface area contributed by atoms with Gasteiger partial charge in [0.05, 0.1) is 5.75 Å². The number of nitrogens with zero attached hydrogens (tertiary/aromatic N) is 4. The van der Waals surface area contributed by atoms with Crippen LogP contribution in [0.4, 0.5) is 0 Å². The van der Waals surface area contributed by atoms with Crippen LogP contribution in [0.25, 0.3) is 11.4 Å². The fourth-order valence-electron chi connectivity index (χ4n) is 4.24. The first-order valence-corrected chi connectivity index (χ1v) is 11.6. The van der Waals surface area contributed by atoms with Gasteiger partial charge in [-0.05, 0) is 68.6 Å². The summed E-state index contributed by atoms with van der Waals surface area (Å²) in [6.45, 7) is 6.96. The number of aromatic nitrogens is 3. The monoisotopic (exact) mass is 398 g/mol. The van der Waals surface area contributed by atoms with Gasteiger partial charge >= 0.3 is 0 Å². The molecule has 150 valence electrons. The maximum atomic E-state index is 12.6. The van der Waals surface area contributed by atoms with Gasteiger partial charge in [-0.1, -0.05) is 30.8 Å². The predicted octanol–water partition coefficient (Wildman–Crippen LogP) is 4.19. The standard InChI is InChI=1S/C22H30N4OS/c1-3-26-21(19-9-8-17-6-4-5-7-18(17)14-19)23-24-22(26)28-15-20(27)25-12-10-16(2)11-13-25/h8-9,14,16H,3-7,10-13,15H2,1-2H3. The summed E-state index contributed by atoms with van der Waals surface area (Å²) in [7, 11) is 0. The average Bonchev–Trinajstić information content (AvgIpc) is 3.15. The van der Waals surface area contributed by atoms with Gasteiger partial charge in [-0.2, -0.15) is 0 Å². The number of amides is 1. The Morgan fingerprint density at radius 1 is 1.14 bits per heavy atom. The van der Waals surface area contributed by atoms with E-state index in [0.717, 1.165) is 61.4 Å². The van der Waals surface area contributed by atoms with Crippen molar-refractivity contribution in [1.29, 1.82) is 0 Å². The molecule has 2 heterocycles. The van der Waals surface area contributed by atoms with E-state index in [0.29, 0.717) is 5.75 Å². The van der Waals surface area contributed by atoms with Crippen LogP contribution in [0, 0.1) is 5.92 Å². The van der Waals surface area contributed by atoms with Crippen LogP contribution in [0.2, 0.25) is 0 Å². The maximum absolute atomic E-state index is 12.6. The van der Waals surface area contributed by atoms with Gasteiger partial charge in [0.2, 0.25) is 5.91 Å². The van der Waals surface area contributed by atoms with Crippen LogP contribution in [0.5, 0.6) is 0 Å². The van der Waals surface area contributed by atoms with Crippen molar-refractivity contribution in [3.8, 4) is 11.4 Å². The molecule has 28 heavy (non-hydrogen) atoms. The number of rotatable bonds is 5. The Kier molecular flexibility index (Phi) is 6.04. The van der Waals surface area contributed by atoms with Crippen LogP contribution in [0.3, 0.4) is 0 Å². The summed E-state index contributed by atoms with van der Waals surface area (Å²) < 4.78 is 2.14. The third kappa shape index (κ3) is 4.12. The molecule has 0 saturated carbocycles. The fraction of sp³-hybridized carbons (Fsp3) is 0.591. The van der Waals surface area contributed by atoms with Crippen LogP contribution in [-0.2, 0) is 24.2 Å². The van der Waals surface area contributed by atoms with E-state index in [9.17, 15) is 4.79 Å². The molecular weight excluding hydrogens is 368 g/mol. The lowest BCUT2D eigenvalue weighted by atomic mass is 9.90. The molecule has 0 spiro atoms. The first-order chi connectivity index (χ1) is 13.7. The zero-order valence-corrected chi connectivity index (χ0v) is 17.8. The molecular formula is C22H30N4OS. The molecule has 1 aromatic carbocycles. The highest BCUT2D eigenvalue weighted by molar-refractivity contribution is 7.99. The van der Waals surface area contributed by atoms with Gasteiger partial charge in [0, 0.05) is 25.2 Å². The summed E-state index contributed by atoms with van der Waals surface area (Å²) in [5, 5.41) is 9.73. The van der Waals surface area contributed by atoms with Crippen molar-refractivity contribution >= 4 is 17.7 Å². The zero-order valence-electron chi connectivity index (χ0n) is 17.0. The minimum absolute atomic E-state index is 0.220. The third-order valence-corrected chi connectivity index (χ3v) is 7.05. The molecule has 2 aliphatic rings. The van der Waals surface area contributed by atoms with Crippen molar-refractivity contribution in [2.45, 2.75) is 64.1 Å². The normalized spacial score (nSPS) is 17.6. The second-order valence-electron chi connectivity index (χ2n) is 8.09. The first-order valence-electron chi connectivity index (χ1n) is 10.6. The lowest BCUT2D eigenvalue weighted by molar-refractivity contribution is -0.129. The molecule has 5 nitrogen and oxygen atoms in total. The van der Waals surface area contributed by atoms with E-state index in [4.69, 9.17) is 0 Å². The van der Waals surface area contributed by atoms with E-state index < -0.39 is 0 Å². The SMILES string of the molecule is CCn1c(SCC(=O)N2CCC(C)CC2)nnc1-c1ccc2c(c1)CCCC2. The smallest absolute Gasteiger partial charge is 0.233 e. The van der Waals surface area contributed by atoms with E-state index in [2.05, 4.69) is 46.8 Å². The predicted molar refractivity (Wildman–Crippen MR) is 113 cm³/mol. The average molecular weight is 399 g/mol. The number of hydrogen-bond donors (Lipinski definition) is 0. The summed E-state index contributed by atoms with van der Waals surface area (Å²) >= 11 is 1.52. The maximum Gasteiger partial charge on any atom is 0.233 e. The fourth-order valence-corrected chi connectivity index (χ4v) is 5.15. The number of thioether (sulfide) groups is 1. The summed E-state index contributed by atoms with van der Waals surface area (Å²) in [6, 6.07) is 6.72. The molecule has 0 bridgehead atoms. The Hall–Kier alpha value is -1.82. The summed E-state index contributed by atoms with van der Waals surface area (Å²) in [6.07, 6.45) is 7.15. The molecule has 1 fully saturated rings. The van der Waals surface area contributed by atoms with Crippen LogP contribution in [-0.4, -0.2) is 44.4 Å². The highest BCUT2D eigenvalue weighted by Crippen LogP contribution is 2.29. The largest absolute Gasteiger partial charge is 0.342 e. The number of carbonyl (C=O) groups is 1. The molecule has 2 aromatic rings. The molecule has 1 aliphatic carbocycles. The van der Waals surface area contributed by atoms with Crippen molar-refractivity contribution in [2.75, 3.05) is 18.8 Å². The third-order valence-electron chi connectivity index (χ3n) is 6.10. The van der Waals surface area contributed by atoms with Crippen LogP contribution in [0.15, 0.2) is 23.4 Å². The molecule has 6 heteroatoms. The Morgan fingerprint density at radius 3 is 2.64 bits per heavy atom. The topological polar surface area (TPSA) is 51.0 Å². The van der Waals surface area contributed by atoms with Gasteiger partial charge in [-0.25, -0.2) is 0 Å². The molecule has 0 unspecified atom stereocenters. The van der Waals surface area contributed by atoms with E-state index >= 15 is 0 Å². The minimum Gasteiger partial charge on any atom is -0.342 e. The number of fused-ring (bicyclic) bond motifs is 1. The zero-order chi connectivity index (χ0) is 19.5. The molecule has 1 saturated heterocycles. The minimum atomic E-state index is 0.220. The second-order valence-corrected chi connectivity index (χ2v) is 9.04. The molecule has 1 aliphatic heterocycles. The van der Waals surface area contributed by atoms with E-state index in [-0.39, 0.29) is 5.91 Å².